The van der Waals surface area contributed by atoms with Crippen LogP contribution in [0.3, 0.4) is 0 Å². The Morgan fingerprint density at radius 3 is 2.54 bits per heavy atom. The highest BCUT2D eigenvalue weighted by Gasteiger charge is 2.11. The van der Waals surface area contributed by atoms with E-state index in [1.165, 1.54) is 17.4 Å². The number of carbonyl (C=O) groups is 1. The van der Waals surface area contributed by atoms with Crippen molar-refractivity contribution in [1.82, 2.24) is 0 Å². The molecule has 0 N–H and O–H groups in total. The van der Waals surface area contributed by atoms with E-state index in [1.54, 1.807) is 30.3 Å². The molecule has 7 heteroatoms. The van der Waals surface area contributed by atoms with E-state index < -0.39 is 0 Å². The van der Waals surface area contributed by atoms with Gasteiger partial charge in [0.15, 0.2) is 11.5 Å². The van der Waals surface area contributed by atoms with Crippen LogP contribution in [0.4, 0.5) is 0 Å². The van der Waals surface area contributed by atoms with Crippen molar-refractivity contribution in [2.24, 2.45) is 0 Å². The second-order valence-electron chi connectivity index (χ2n) is 5.40. The molecule has 0 aliphatic heterocycles. The first kappa shape index (κ1) is 19.1. The fraction of sp³-hybridized carbons (Fsp3) is 0.105. The Kier molecular flexibility index (Phi) is 6.09. The number of allylic oxidation sites excluding steroid dienone is 1. The smallest absolute Gasteiger partial charge is 0.195 e. The lowest BCUT2D eigenvalue weighted by Crippen LogP contribution is -1.95. The molecule has 2 aromatic heterocycles. The molecule has 134 valence electrons. The van der Waals surface area contributed by atoms with Crippen molar-refractivity contribution >= 4 is 58.0 Å². The summed E-state index contributed by atoms with van der Waals surface area (Å²) < 4.78 is 11.2. The molecule has 3 aromatic rings. The van der Waals surface area contributed by atoms with Crippen LogP contribution >= 0.6 is 46.1 Å². The average Bonchev–Trinajstić information content (AvgIpc) is 3.20. The van der Waals surface area contributed by atoms with Crippen LogP contribution < -0.4 is 4.74 Å². The molecule has 0 unspecified atom stereocenters. The van der Waals surface area contributed by atoms with Gasteiger partial charge in [0, 0.05) is 9.90 Å². The fourth-order valence-corrected chi connectivity index (χ4v) is 3.89. The lowest BCUT2D eigenvalue weighted by Gasteiger charge is -2.08. The summed E-state index contributed by atoms with van der Waals surface area (Å²) in [7, 11) is 0. The molecule has 0 spiro atoms. The van der Waals surface area contributed by atoms with Gasteiger partial charge in [-0.15, -0.1) is 11.3 Å². The SMILES string of the molecule is Cc1ccc(C(=O)/C=C/c2ccc(COc3c(Cl)cc(Cl)cc3Cl)o2)s1. The van der Waals surface area contributed by atoms with Crippen LogP contribution in [0.2, 0.25) is 15.1 Å². The number of hydrogen-bond donors (Lipinski definition) is 0. The third-order valence-corrected chi connectivity index (χ3v) is 5.18. The standard InChI is InChI=1S/C19H13Cl3O3S/c1-11-2-7-18(26-11)17(23)6-5-13-3-4-14(25-13)10-24-19-15(21)8-12(20)9-16(19)22/h2-9H,10H2,1H3/b6-5+. The lowest BCUT2D eigenvalue weighted by atomic mass is 10.3. The zero-order valence-electron chi connectivity index (χ0n) is 13.6. The molecule has 0 saturated heterocycles. The average molecular weight is 428 g/mol. The third kappa shape index (κ3) is 4.71. The number of benzene rings is 1. The molecular weight excluding hydrogens is 415 g/mol. The van der Waals surface area contributed by atoms with E-state index >= 15 is 0 Å². The largest absolute Gasteiger partial charge is 0.483 e. The molecule has 2 heterocycles. The number of aryl methyl sites for hydroxylation is 1. The molecule has 26 heavy (non-hydrogen) atoms. The molecule has 3 nitrogen and oxygen atoms in total. The summed E-state index contributed by atoms with van der Waals surface area (Å²) in [5.41, 5.74) is 0. The van der Waals surface area contributed by atoms with E-state index in [0.29, 0.717) is 37.2 Å². The highest BCUT2D eigenvalue weighted by molar-refractivity contribution is 7.14. The predicted molar refractivity (Wildman–Crippen MR) is 107 cm³/mol. The van der Waals surface area contributed by atoms with Gasteiger partial charge in [0.1, 0.15) is 18.1 Å². The van der Waals surface area contributed by atoms with Crippen LogP contribution in [0, 0.1) is 6.92 Å². The zero-order valence-corrected chi connectivity index (χ0v) is 16.7. The number of thiophene rings is 1. The van der Waals surface area contributed by atoms with Crippen LogP contribution in [0.1, 0.15) is 26.1 Å². The van der Waals surface area contributed by atoms with Crippen molar-refractivity contribution in [2.45, 2.75) is 13.5 Å². The second kappa shape index (κ2) is 8.31. The Hall–Kier alpha value is -1.72. The van der Waals surface area contributed by atoms with E-state index in [0.717, 1.165) is 4.88 Å². The third-order valence-electron chi connectivity index (χ3n) is 3.39. The number of rotatable bonds is 6. The van der Waals surface area contributed by atoms with Gasteiger partial charge in [0.2, 0.25) is 0 Å². The highest BCUT2D eigenvalue weighted by Crippen LogP contribution is 2.36. The summed E-state index contributed by atoms with van der Waals surface area (Å²) in [5, 5.41) is 1.08. The molecular formula is C19H13Cl3O3S. The van der Waals surface area contributed by atoms with Crippen molar-refractivity contribution in [2.75, 3.05) is 0 Å². The molecule has 0 fully saturated rings. The molecule has 3 rings (SSSR count). The van der Waals surface area contributed by atoms with Crippen LogP contribution in [0.5, 0.6) is 5.75 Å². The molecule has 0 aliphatic rings. The Bertz CT molecular complexity index is 949. The van der Waals surface area contributed by atoms with Crippen molar-refractivity contribution < 1.29 is 13.9 Å². The van der Waals surface area contributed by atoms with Crippen LogP contribution in [0.15, 0.2) is 46.9 Å². The first-order valence-electron chi connectivity index (χ1n) is 7.57. The maximum absolute atomic E-state index is 12.1. The van der Waals surface area contributed by atoms with Crippen molar-refractivity contribution in [3.63, 3.8) is 0 Å². The minimum atomic E-state index is -0.0583. The van der Waals surface area contributed by atoms with Gasteiger partial charge in [0.05, 0.1) is 14.9 Å². The summed E-state index contributed by atoms with van der Waals surface area (Å²) in [5.74, 6) is 1.41. The number of ether oxygens (including phenoxy) is 1. The van der Waals surface area contributed by atoms with Crippen LogP contribution in [-0.2, 0) is 6.61 Å². The van der Waals surface area contributed by atoms with Gasteiger partial charge in [-0.1, -0.05) is 34.8 Å². The first-order chi connectivity index (χ1) is 12.4. The number of furan rings is 1. The quantitative estimate of drug-likeness (QED) is 0.311. The van der Waals surface area contributed by atoms with E-state index in [1.807, 2.05) is 19.1 Å². The Morgan fingerprint density at radius 1 is 1.15 bits per heavy atom. The molecule has 0 amide bonds. The summed E-state index contributed by atoms with van der Waals surface area (Å²) in [6.45, 7) is 2.11. The molecule has 0 aliphatic carbocycles. The number of ketones is 1. The van der Waals surface area contributed by atoms with Gasteiger partial charge >= 0.3 is 0 Å². The fourth-order valence-electron chi connectivity index (χ4n) is 2.18. The second-order valence-corrected chi connectivity index (χ2v) is 7.94. The number of hydrogen-bond acceptors (Lipinski definition) is 4. The Morgan fingerprint density at radius 2 is 1.88 bits per heavy atom. The molecule has 1 aromatic carbocycles. The van der Waals surface area contributed by atoms with Gasteiger partial charge in [-0.3, -0.25) is 4.79 Å². The van der Waals surface area contributed by atoms with Crippen molar-refractivity contribution in [1.29, 1.82) is 0 Å². The predicted octanol–water partition coefficient (Wildman–Crippen LogP) is 7.08. The van der Waals surface area contributed by atoms with Gasteiger partial charge in [-0.2, -0.15) is 0 Å². The van der Waals surface area contributed by atoms with Gasteiger partial charge in [0.25, 0.3) is 0 Å². The summed E-state index contributed by atoms with van der Waals surface area (Å²) in [6, 6.07) is 10.4. The number of carbonyl (C=O) groups excluding carboxylic acids is 1. The van der Waals surface area contributed by atoms with E-state index in [4.69, 9.17) is 44.0 Å². The lowest BCUT2D eigenvalue weighted by molar-refractivity contribution is 0.105. The van der Waals surface area contributed by atoms with Crippen molar-refractivity contribution in [3.8, 4) is 5.75 Å². The molecule has 0 atom stereocenters. The highest BCUT2D eigenvalue weighted by atomic mass is 35.5. The maximum Gasteiger partial charge on any atom is 0.195 e. The van der Waals surface area contributed by atoms with Gasteiger partial charge in [-0.05, 0) is 55.5 Å². The van der Waals surface area contributed by atoms with E-state index in [9.17, 15) is 4.79 Å². The zero-order chi connectivity index (χ0) is 18.7. The van der Waals surface area contributed by atoms with Crippen LogP contribution in [-0.4, -0.2) is 5.78 Å². The maximum atomic E-state index is 12.1. The summed E-state index contributed by atoms with van der Waals surface area (Å²) in [4.78, 5) is 13.9. The Balaban J connectivity index is 1.63. The van der Waals surface area contributed by atoms with E-state index in [-0.39, 0.29) is 12.4 Å². The summed E-state index contributed by atoms with van der Waals surface area (Å²) >= 11 is 19.5. The normalized spacial score (nSPS) is 11.2. The van der Waals surface area contributed by atoms with E-state index in [2.05, 4.69) is 0 Å². The van der Waals surface area contributed by atoms with Gasteiger partial charge < -0.3 is 9.15 Å². The van der Waals surface area contributed by atoms with Gasteiger partial charge in [-0.25, -0.2) is 0 Å². The van der Waals surface area contributed by atoms with Crippen molar-refractivity contribution in [3.05, 3.63) is 78.8 Å². The first-order valence-corrected chi connectivity index (χ1v) is 9.52. The Labute approximate surface area is 169 Å². The minimum absolute atomic E-state index is 0.0583. The topological polar surface area (TPSA) is 39.4 Å². The van der Waals surface area contributed by atoms with Crippen LogP contribution in [0.25, 0.3) is 6.08 Å². The number of halogens is 3. The minimum Gasteiger partial charge on any atom is -0.483 e. The molecule has 0 saturated carbocycles. The monoisotopic (exact) mass is 426 g/mol. The molecule has 0 bridgehead atoms. The molecule has 0 radical (unpaired) electrons. The summed E-state index contributed by atoms with van der Waals surface area (Å²) in [6.07, 6.45) is 3.12.